The van der Waals surface area contributed by atoms with Crippen molar-refractivity contribution in [3.63, 3.8) is 0 Å². The number of benzene rings is 2. The molecule has 8 nitrogen and oxygen atoms in total. The van der Waals surface area contributed by atoms with Gasteiger partial charge in [-0.05, 0) is 42.7 Å². The van der Waals surface area contributed by atoms with Gasteiger partial charge < -0.3 is 20.4 Å². The van der Waals surface area contributed by atoms with Crippen molar-refractivity contribution in [2.24, 2.45) is 17.8 Å². The average molecular weight is 591 g/mol. The van der Waals surface area contributed by atoms with Crippen molar-refractivity contribution in [3.05, 3.63) is 71.8 Å². The Morgan fingerprint density at radius 3 is 1.86 bits per heavy atom. The van der Waals surface area contributed by atoms with Gasteiger partial charge in [-0.3, -0.25) is 19.2 Å². The Morgan fingerprint density at radius 2 is 1.30 bits per heavy atom. The third kappa shape index (κ3) is 9.40. The van der Waals surface area contributed by atoms with Crippen LogP contribution in [0.5, 0.6) is 0 Å². The lowest BCUT2D eigenvalue weighted by molar-refractivity contribution is -0.149. The number of carbonyl (C=O) groups is 4. The van der Waals surface area contributed by atoms with Gasteiger partial charge in [-0.1, -0.05) is 106 Å². The van der Waals surface area contributed by atoms with Crippen LogP contribution in [0.3, 0.4) is 0 Å². The van der Waals surface area contributed by atoms with Gasteiger partial charge in [-0.2, -0.15) is 0 Å². The molecule has 2 aromatic rings. The van der Waals surface area contributed by atoms with Crippen molar-refractivity contribution >= 4 is 23.8 Å². The lowest BCUT2D eigenvalue weighted by Crippen LogP contribution is -2.53. The molecule has 8 heteroatoms. The van der Waals surface area contributed by atoms with E-state index < -0.39 is 29.8 Å². The molecule has 2 amide bonds. The first kappa shape index (κ1) is 32.2. The van der Waals surface area contributed by atoms with Gasteiger partial charge in [0.15, 0.2) is 0 Å². The van der Waals surface area contributed by atoms with Gasteiger partial charge in [-0.15, -0.1) is 0 Å². The van der Waals surface area contributed by atoms with Crippen LogP contribution in [0.1, 0.15) is 94.1 Å². The minimum Gasteiger partial charge on any atom is -0.481 e. The van der Waals surface area contributed by atoms with Crippen molar-refractivity contribution in [1.29, 1.82) is 0 Å². The minimum absolute atomic E-state index is 0.00692. The van der Waals surface area contributed by atoms with E-state index in [0.29, 0.717) is 32.2 Å². The van der Waals surface area contributed by atoms with Crippen LogP contribution in [-0.2, 0) is 19.2 Å². The molecule has 0 bridgehead atoms. The summed E-state index contributed by atoms with van der Waals surface area (Å²) < 4.78 is 0. The zero-order chi connectivity index (χ0) is 30.6. The van der Waals surface area contributed by atoms with E-state index in [4.69, 9.17) is 0 Å². The van der Waals surface area contributed by atoms with Gasteiger partial charge >= 0.3 is 11.9 Å². The molecule has 3 atom stereocenters. The third-order valence-corrected chi connectivity index (χ3v) is 9.33. The lowest BCUT2D eigenvalue weighted by Gasteiger charge is -2.34. The van der Waals surface area contributed by atoms with Crippen LogP contribution in [0.4, 0.5) is 0 Å². The molecule has 0 heterocycles. The summed E-state index contributed by atoms with van der Waals surface area (Å²) in [6, 6.07) is 19.3. The molecule has 0 unspecified atom stereocenters. The van der Waals surface area contributed by atoms with Crippen LogP contribution >= 0.6 is 0 Å². The fourth-order valence-electron chi connectivity index (χ4n) is 6.96. The fourth-order valence-corrected chi connectivity index (χ4v) is 6.96. The lowest BCUT2D eigenvalue weighted by atomic mass is 9.78. The van der Waals surface area contributed by atoms with Crippen molar-refractivity contribution in [2.45, 2.75) is 89.0 Å². The second kappa shape index (κ2) is 16.2. The Morgan fingerprint density at radius 1 is 0.744 bits per heavy atom. The summed E-state index contributed by atoms with van der Waals surface area (Å²) in [7, 11) is 0. The van der Waals surface area contributed by atoms with E-state index >= 15 is 0 Å². The number of carboxylic acids is 2. The Kier molecular flexibility index (Phi) is 12.2. The fraction of sp³-hybridized carbons (Fsp3) is 0.543. The molecule has 2 aliphatic carbocycles. The predicted octanol–water partition coefficient (Wildman–Crippen LogP) is 5.86. The number of hydrogen-bond acceptors (Lipinski definition) is 4. The number of amides is 2. The van der Waals surface area contributed by atoms with Gasteiger partial charge in [0.25, 0.3) is 0 Å². The Labute approximate surface area is 254 Å². The first-order valence-electron chi connectivity index (χ1n) is 16.0. The molecule has 2 aromatic carbocycles. The summed E-state index contributed by atoms with van der Waals surface area (Å²) in [6.45, 7) is 0.376. The number of nitrogens with one attached hydrogen (secondary N) is 1. The summed E-state index contributed by atoms with van der Waals surface area (Å²) in [5.74, 6) is -3.72. The quantitative estimate of drug-likeness (QED) is 0.253. The Hall–Kier alpha value is -3.68. The van der Waals surface area contributed by atoms with E-state index in [1.54, 1.807) is 4.90 Å². The average Bonchev–Trinajstić information content (AvgIpc) is 3.03. The van der Waals surface area contributed by atoms with Gasteiger partial charge in [0.1, 0.15) is 6.04 Å². The van der Waals surface area contributed by atoms with E-state index in [1.165, 1.54) is 0 Å². The molecule has 232 valence electrons. The van der Waals surface area contributed by atoms with Crippen LogP contribution in [0, 0.1) is 17.8 Å². The zero-order valence-electron chi connectivity index (χ0n) is 25.0. The van der Waals surface area contributed by atoms with E-state index in [0.717, 1.165) is 56.1 Å². The highest BCUT2D eigenvalue weighted by Gasteiger charge is 2.38. The summed E-state index contributed by atoms with van der Waals surface area (Å²) >= 11 is 0. The van der Waals surface area contributed by atoms with E-state index in [9.17, 15) is 29.4 Å². The molecule has 2 aliphatic rings. The maximum atomic E-state index is 14.3. The van der Waals surface area contributed by atoms with E-state index in [2.05, 4.69) is 29.6 Å². The van der Waals surface area contributed by atoms with Crippen molar-refractivity contribution in [1.82, 2.24) is 10.2 Å². The van der Waals surface area contributed by atoms with E-state index in [-0.39, 0.29) is 36.6 Å². The number of hydrogen-bond donors (Lipinski definition) is 3. The number of nitrogens with zero attached hydrogens (tertiary/aromatic N) is 1. The molecule has 0 aliphatic heterocycles. The summed E-state index contributed by atoms with van der Waals surface area (Å²) in [6.07, 6.45) is 8.70. The molecule has 0 saturated heterocycles. The third-order valence-electron chi connectivity index (χ3n) is 9.33. The smallest absolute Gasteiger partial charge is 0.307 e. The summed E-state index contributed by atoms with van der Waals surface area (Å²) in [5, 5.41) is 22.3. The summed E-state index contributed by atoms with van der Waals surface area (Å²) in [5.41, 5.74) is 2.23. The van der Waals surface area contributed by atoms with Crippen LogP contribution in [0.15, 0.2) is 60.7 Å². The molecule has 3 N–H and O–H groups in total. The normalized spacial score (nSPS) is 19.8. The highest BCUT2D eigenvalue weighted by molar-refractivity contribution is 5.90. The number of rotatable bonds is 14. The van der Waals surface area contributed by atoms with Crippen LogP contribution in [-0.4, -0.2) is 58.0 Å². The number of carbonyl (C=O) groups excluding carboxylic acids is 2. The molecular weight excluding hydrogens is 544 g/mol. The van der Waals surface area contributed by atoms with Crippen LogP contribution < -0.4 is 5.32 Å². The SMILES string of the molecule is O=C(O)CCN(CCC(c1ccccc1)c1ccccc1)C(=O)[C@@H](CC1CCCCC1)NC(=O)[C@@H]1CCCC[C@H]1C(=O)O. The Balaban J connectivity index is 1.56. The van der Waals surface area contributed by atoms with Crippen LogP contribution in [0.2, 0.25) is 0 Å². The standard InChI is InChI=1S/C35H46N2O6/c38-32(39)21-23-37(22-20-28(26-14-6-2-7-15-26)27-16-8-3-9-17-27)34(41)31(24-25-12-4-1-5-13-25)36-33(40)29-18-10-11-19-30(29)35(42)43/h2-3,6-9,14-17,25,28-31H,1,4-5,10-13,18-24H2,(H,36,40)(H,38,39)(H,42,43)/t29-,30-,31-/m1/s1. The van der Waals surface area contributed by atoms with Gasteiger partial charge in [-0.25, -0.2) is 0 Å². The molecule has 2 fully saturated rings. The summed E-state index contributed by atoms with van der Waals surface area (Å²) in [4.78, 5) is 53.0. The highest BCUT2D eigenvalue weighted by Crippen LogP contribution is 2.33. The van der Waals surface area contributed by atoms with Crippen molar-refractivity contribution in [3.8, 4) is 0 Å². The van der Waals surface area contributed by atoms with Gasteiger partial charge in [0, 0.05) is 19.0 Å². The van der Waals surface area contributed by atoms with Gasteiger partial charge in [0.05, 0.1) is 18.3 Å². The minimum atomic E-state index is -0.986. The largest absolute Gasteiger partial charge is 0.481 e. The maximum absolute atomic E-state index is 14.3. The second-order valence-corrected chi connectivity index (χ2v) is 12.3. The van der Waals surface area contributed by atoms with Crippen LogP contribution in [0.25, 0.3) is 0 Å². The highest BCUT2D eigenvalue weighted by atomic mass is 16.4. The second-order valence-electron chi connectivity index (χ2n) is 12.3. The topological polar surface area (TPSA) is 124 Å². The molecule has 0 radical (unpaired) electrons. The van der Waals surface area contributed by atoms with Gasteiger partial charge in [0.2, 0.25) is 11.8 Å². The monoisotopic (exact) mass is 590 g/mol. The number of carboxylic acid groups (broad SMARTS) is 2. The number of aliphatic carboxylic acids is 2. The first-order valence-corrected chi connectivity index (χ1v) is 16.0. The molecule has 2 saturated carbocycles. The molecule has 43 heavy (non-hydrogen) atoms. The van der Waals surface area contributed by atoms with Crippen molar-refractivity contribution < 1.29 is 29.4 Å². The molecule has 0 aromatic heterocycles. The maximum Gasteiger partial charge on any atom is 0.307 e. The Bertz CT molecular complexity index is 1160. The molecular formula is C35H46N2O6. The molecule has 4 rings (SSSR count). The van der Waals surface area contributed by atoms with E-state index in [1.807, 2.05) is 36.4 Å². The molecule has 0 spiro atoms. The predicted molar refractivity (Wildman–Crippen MR) is 164 cm³/mol. The first-order chi connectivity index (χ1) is 20.8. The van der Waals surface area contributed by atoms with Crippen molar-refractivity contribution in [2.75, 3.05) is 13.1 Å². The zero-order valence-corrected chi connectivity index (χ0v) is 25.0.